The van der Waals surface area contributed by atoms with Gasteiger partial charge in [0.1, 0.15) is 11.6 Å². The van der Waals surface area contributed by atoms with Gasteiger partial charge in [0, 0.05) is 36.4 Å². The highest BCUT2D eigenvalue weighted by molar-refractivity contribution is 7.80. The van der Waals surface area contributed by atoms with Crippen molar-refractivity contribution in [3.8, 4) is 11.6 Å². The SMILES string of the molecule is COc1ccc(N2C(=S)N[C@@H](c3ccccn3)[C@H]2c2cc(C)n(-c3ncccc3C)c2C)cc1NC(C)=O. The number of aromatic nitrogens is 3. The van der Waals surface area contributed by atoms with Gasteiger partial charge in [-0.1, -0.05) is 12.1 Å². The summed E-state index contributed by atoms with van der Waals surface area (Å²) in [6.45, 7) is 7.75. The number of nitrogens with one attached hydrogen (secondary N) is 2. The molecule has 194 valence electrons. The van der Waals surface area contributed by atoms with Gasteiger partial charge in [-0.25, -0.2) is 4.98 Å². The van der Waals surface area contributed by atoms with Crippen LogP contribution in [-0.2, 0) is 4.79 Å². The molecule has 0 saturated carbocycles. The number of hydrogen-bond donors (Lipinski definition) is 2. The van der Waals surface area contributed by atoms with Crippen LogP contribution in [0.1, 0.15) is 47.2 Å². The molecule has 1 aliphatic heterocycles. The van der Waals surface area contributed by atoms with Crippen LogP contribution in [0.3, 0.4) is 0 Å². The minimum absolute atomic E-state index is 0.181. The smallest absolute Gasteiger partial charge is 0.221 e. The molecule has 38 heavy (non-hydrogen) atoms. The molecule has 3 aromatic heterocycles. The number of carbonyl (C=O) groups is 1. The van der Waals surface area contributed by atoms with E-state index in [1.54, 1.807) is 13.3 Å². The minimum atomic E-state index is -0.208. The van der Waals surface area contributed by atoms with Gasteiger partial charge in [-0.05, 0) is 86.6 Å². The first kappa shape index (κ1) is 25.4. The zero-order valence-electron chi connectivity index (χ0n) is 22.0. The first-order valence-corrected chi connectivity index (χ1v) is 12.8. The van der Waals surface area contributed by atoms with E-state index < -0.39 is 0 Å². The summed E-state index contributed by atoms with van der Waals surface area (Å²) in [5.74, 6) is 1.30. The Morgan fingerprint density at radius 1 is 1.05 bits per heavy atom. The number of carbonyl (C=O) groups excluding carboxylic acids is 1. The highest BCUT2D eigenvalue weighted by Gasteiger charge is 2.42. The average molecular weight is 527 g/mol. The number of amides is 1. The third kappa shape index (κ3) is 4.50. The molecule has 9 heteroatoms. The van der Waals surface area contributed by atoms with Gasteiger partial charge in [0.25, 0.3) is 0 Å². The molecule has 1 fully saturated rings. The third-order valence-electron chi connectivity index (χ3n) is 6.85. The molecule has 1 aromatic carbocycles. The summed E-state index contributed by atoms with van der Waals surface area (Å²) in [7, 11) is 1.58. The number of hydrogen-bond acceptors (Lipinski definition) is 5. The van der Waals surface area contributed by atoms with Crippen molar-refractivity contribution in [2.24, 2.45) is 0 Å². The molecule has 0 aliphatic carbocycles. The van der Waals surface area contributed by atoms with E-state index in [2.05, 4.69) is 63.0 Å². The first-order valence-electron chi connectivity index (χ1n) is 12.4. The monoisotopic (exact) mass is 526 g/mol. The van der Waals surface area contributed by atoms with E-state index in [1.165, 1.54) is 6.92 Å². The first-order chi connectivity index (χ1) is 18.3. The molecule has 4 aromatic rings. The summed E-state index contributed by atoms with van der Waals surface area (Å²) in [5.41, 5.74) is 6.63. The second-order valence-corrected chi connectivity index (χ2v) is 9.75. The van der Waals surface area contributed by atoms with Gasteiger partial charge in [-0.15, -0.1) is 0 Å². The van der Waals surface area contributed by atoms with Crippen LogP contribution in [0, 0.1) is 20.8 Å². The second-order valence-electron chi connectivity index (χ2n) is 9.37. The molecule has 0 bridgehead atoms. The highest BCUT2D eigenvalue weighted by Crippen LogP contribution is 2.45. The number of methoxy groups -OCH3 is 1. The van der Waals surface area contributed by atoms with Gasteiger partial charge in [-0.2, -0.15) is 0 Å². The van der Waals surface area contributed by atoms with E-state index in [1.807, 2.05) is 48.7 Å². The van der Waals surface area contributed by atoms with E-state index in [4.69, 9.17) is 17.0 Å². The predicted octanol–water partition coefficient (Wildman–Crippen LogP) is 5.34. The maximum absolute atomic E-state index is 11.9. The van der Waals surface area contributed by atoms with Gasteiger partial charge in [-0.3, -0.25) is 9.78 Å². The Morgan fingerprint density at radius 3 is 2.53 bits per heavy atom. The quantitative estimate of drug-likeness (QED) is 0.328. The van der Waals surface area contributed by atoms with Crippen molar-refractivity contribution in [2.45, 2.75) is 39.8 Å². The second kappa shape index (κ2) is 10.3. The Balaban J connectivity index is 1.69. The maximum atomic E-state index is 11.9. The molecular weight excluding hydrogens is 496 g/mol. The van der Waals surface area contributed by atoms with Crippen LogP contribution in [-0.4, -0.2) is 32.7 Å². The largest absolute Gasteiger partial charge is 0.495 e. The fraction of sp³-hybridized carbons (Fsp3) is 0.241. The van der Waals surface area contributed by atoms with Crippen molar-refractivity contribution in [2.75, 3.05) is 17.3 Å². The lowest BCUT2D eigenvalue weighted by Gasteiger charge is -2.29. The molecule has 8 nitrogen and oxygen atoms in total. The fourth-order valence-electron chi connectivity index (χ4n) is 5.21. The number of rotatable bonds is 6. The van der Waals surface area contributed by atoms with Crippen LogP contribution in [0.4, 0.5) is 11.4 Å². The Kier molecular flexibility index (Phi) is 6.86. The zero-order valence-corrected chi connectivity index (χ0v) is 22.8. The van der Waals surface area contributed by atoms with Crippen LogP contribution in [0.2, 0.25) is 0 Å². The molecule has 0 unspecified atom stereocenters. The summed E-state index contributed by atoms with van der Waals surface area (Å²) >= 11 is 5.92. The van der Waals surface area contributed by atoms with E-state index in [0.717, 1.165) is 39.7 Å². The summed E-state index contributed by atoms with van der Waals surface area (Å²) in [6.07, 6.45) is 3.61. The van der Waals surface area contributed by atoms with Crippen LogP contribution < -0.4 is 20.3 Å². The van der Waals surface area contributed by atoms with E-state index in [9.17, 15) is 4.79 Å². The van der Waals surface area contributed by atoms with Gasteiger partial charge in [0.05, 0.1) is 30.6 Å². The van der Waals surface area contributed by atoms with E-state index in [-0.39, 0.29) is 18.0 Å². The summed E-state index contributed by atoms with van der Waals surface area (Å²) in [6, 6.07) is 17.4. The summed E-state index contributed by atoms with van der Waals surface area (Å²) in [4.78, 5) is 23.4. The number of pyridine rings is 2. The van der Waals surface area contributed by atoms with Gasteiger partial charge in [0.15, 0.2) is 5.11 Å². The normalized spacial score (nSPS) is 16.9. The van der Waals surface area contributed by atoms with Crippen molar-refractivity contribution in [3.63, 3.8) is 0 Å². The van der Waals surface area contributed by atoms with Gasteiger partial charge in [0.2, 0.25) is 5.91 Å². The number of ether oxygens (including phenoxy) is 1. The van der Waals surface area contributed by atoms with Gasteiger partial charge >= 0.3 is 0 Å². The topological polar surface area (TPSA) is 84.3 Å². The molecule has 0 spiro atoms. The molecule has 1 aliphatic rings. The third-order valence-corrected chi connectivity index (χ3v) is 7.17. The Hall–Kier alpha value is -4.24. The Morgan fingerprint density at radius 2 is 1.84 bits per heavy atom. The van der Waals surface area contributed by atoms with Crippen molar-refractivity contribution < 1.29 is 9.53 Å². The van der Waals surface area contributed by atoms with Crippen LogP contribution >= 0.6 is 12.2 Å². The molecule has 2 atom stereocenters. The van der Waals surface area contributed by atoms with Crippen molar-refractivity contribution >= 4 is 34.6 Å². The van der Waals surface area contributed by atoms with Gasteiger partial charge < -0.3 is 24.8 Å². The molecule has 1 saturated heterocycles. The van der Waals surface area contributed by atoms with Crippen LogP contribution in [0.15, 0.2) is 67.0 Å². The van der Waals surface area contributed by atoms with Crippen molar-refractivity contribution in [1.29, 1.82) is 0 Å². The summed E-state index contributed by atoms with van der Waals surface area (Å²) in [5, 5.41) is 6.96. The molecule has 1 amide bonds. The predicted molar refractivity (Wildman–Crippen MR) is 153 cm³/mol. The number of aryl methyl sites for hydroxylation is 2. The Labute approximate surface area is 227 Å². The highest BCUT2D eigenvalue weighted by atomic mass is 32.1. The molecule has 2 N–H and O–H groups in total. The zero-order chi connectivity index (χ0) is 27.0. The lowest BCUT2D eigenvalue weighted by molar-refractivity contribution is -0.114. The fourth-order valence-corrected chi connectivity index (χ4v) is 5.55. The van der Waals surface area contributed by atoms with Crippen molar-refractivity contribution in [1.82, 2.24) is 19.9 Å². The maximum Gasteiger partial charge on any atom is 0.221 e. The molecule has 5 rings (SSSR count). The summed E-state index contributed by atoms with van der Waals surface area (Å²) < 4.78 is 7.68. The lowest BCUT2D eigenvalue weighted by Crippen LogP contribution is -2.29. The van der Waals surface area contributed by atoms with Crippen molar-refractivity contribution in [3.05, 3.63) is 95.2 Å². The minimum Gasteiger partial charge on any atom is -0.495 e. The standard InChI is InChI=1S/C29H30N6O2S/c1-17-9-8-14-31-28(17)34-18(2)15-22(19(34)3)27-26(23-10-6-7-13-30-23)33-29(38)35(27)21-11-12-25(37-5)24(16-21)32-20(4)36/h6-16,26-27H,1-5H3,(H,32,36)(H,33,38)/t26-,27+/m0/s1. The van der Waals surface area contributed by atoms with E-state index >= 15 is 0 Å². The molecule has 4 heterocycles. The lowest BCUT2D eigenvalue weighted by atomic mass is 9.96. The Bertz CT molecular complexity index is 1520. The number of thiocarbonyl (C=S) groups is 1. The van der Waals surface area contributed by atoms with Crippen LogP contribution in [0.25, 0.3) is 5.82 Å². The number of benzene rings is 1. The van der Waals surface area contributed by atoms with E-state index in [0.29, 0.717) is 16.5 Å². The number of nitrogens with zero attached hydrogens (tertiary/aromatic N) is 4. The van der Waals surface area contributed by atoms with Crippen LogP contribution in [0.5, 0.6) is 5.75 Å². The number of anilines is 2. The molecular formula is C29H30N6O2S. The average Bonchev–Trinajstić information content (AvgIpc) is 3.39. The molecule has 0 radical (unpaired) electrons.